The minimum Gasteiger partial charge on any atom is -0.493 e. The molecule has 0 spiro atoms. The third kappa shape index (κ3) is 3.98. The van der Waals surface area contributed by atoms with Gasteiger partial charge in [0.2, 0.25) is 6.20 Å². The molecule has 0 heterocycles. The Balaban J connectivity index is 2.91. The number of hydrogen-bond donors (Lipinski definition) is 0. The van der Waals surface area contributed by atoms with E-state index in [9.17, 15) is 10.1 Å². The van der Waals surface area contributed by atoms with Crippen LogP contribution in [-0.4, -0.2) is 18.6 Å². The van der Waals surface area contributed by atoms with Gasteiger partial charge in [-0.3, -0.25) is 10.1 Å². The summed E-state index contributed by atoms with van der Waals surface area (Å²) in [4.78, 5) is 9.67. The van der Waals surface area contributed by atoms with E-state index in [0.717, 1.165) is 6.20 Å². The van der Waals surface area contributed by atoms with Crippen LogP contribution in [0.2, 0.25) is 0 Å². The minimum absolute atomic E-state index is 0.375. The first kappa shape index (κ1) is 12.8. The Hall–Kier alpha value is -2.30. The molecule has 0 N–H and O–H groups in total. The summed E-state index contributed by atoms with van der Waals surface area (Å²) in [5.74, 6) is 1.10. The van der Waals surface area contributed by atoms with E-state index in [1.807, 2.05) is 0 Å². The van der Waals surface area contributed by atoms with Gasteiger partial charge in [-0.15, -0.1) is 0 Å². The molecule has 0 saturated carbocycles. The van der Waals surface area contributed by atoms with Crippen LogP contribution in [0.4, 0.5) is 0 Å². The monoisotopic (exact) mass is 235 g/mol. The standard InChI is InChI=1S/C12H13NO4/c1-3-8-17-11-5-4-10(6-7-13(14)15)9-12(11)16-2/h3-7,9H,1,8H2,2H3/b7-6+. The van der Waals surface area contributed by atoms with Gasteiger partial charge in [0.25, 0.3) is 0 Å². The molecule has 0 amide bonds. The molecule has 0 saturated heterocycles. The molecule has 0 radical (unpaired) electrons. The van der Waals surface area contributed by atoms with Crippen LogP contribution in [0.1, 0.15) is 5.56 Å². The highest BCUT2D eigenvalue weighted by Crippen LogP contribution is 2.28. The first-order chi connectivity index (χ1) is 8.17. The number of nitrogens with zero attached hydrogens (tertiary/aromatic N) is 1. The van der Waals surface area contributed by atoms with Gasteiger partial charge in [0.15, 0.2) is 11.5 Å². The summed E-state index contributed by atoms with van der Waals surface area (Å²) in [6.07, 6.45) is 3.89. The molecular weight excluding hydrogens is 222 g/mol. The van der Waals surface area contributed by atoms with Gasteiger partial charge in [0.05, 0.1) is 12.0 Å². The van der Waals surface area contributed by atoms with Crippen molar-refractivity contribution >= 4 is 6.08 Å². The van der Waals surface area contributed by atoms with Gasteiger partial charge in [-0.1, -0.05) is 18.7 Å². The number of methoxy groups -OCH3 is 1. The number of ether oxygens (including phenoxy) is 2. The first-order valence-electron chi connectivity index (χ1n) is 4.91. The third-order valence-electron chi connectivity index (χ3n) is 1.93. The molecular formula is C12H13NO4. The summed E-state index contributed by atoms with van der Waals surface area (Å²) in [5, 5.41) is 10.2. The Morgan fingerprint density at radius 3 is 2.82 bits per heavy atom. The number of nitro groups is 1. The minimum atomic E-state index is -0.519. The maximum atomic E-state index is 10.2. The van der Waals surface area contributed by atoms with E-state index in [-0.39, 0.29) is 0 Å². The van der Waals surface area contributed by atoms with E-state index in [0.29, 0.717) is 23.7 Å². The molecule has 5 nitrogen and oxygen atoms in total. The van der Waals surface area contributed by atoms with Crippen LogP contribution >= 0.6 is 0 Å². The zero-order chi connectivity index (χ0) is 12.7. The van der Waals surface area contributed by atoms with Crippen LogP contribution in [0.15, 0.2) is 37.1 Å². The van der Waals surface area contributed by atoms with Crippen molar-refractivity contribution in [3.63, 3.8) is 0 Å². The Labute approximate surface area is 99.1 Å². The van der Waals surface area contributed by atoms with Crippen molar-refractivity contribution in [3.05, 3.63) is 52.7 Å². The lowest BCUT2D eigenvalue weighted by molar-refractivity contribution is -0.400. The van der Waals surface area contributed by atoms with Gasteiger partial charge in [-0.05, 0) is 17.7 Å². The van der Waals surface area contributed by atoms with Crippen molar-refractivity contribution in [1.29, 1.82) is 0 Å². The molecule has 0 aliphatic carbocycles. The smallest absolute Gasteiger partial charge is 0.235 e. The maximum Gasteiger partial charge on any atom is 0.235 e. The summed E-state index contributed by atoms with van der Waals surface area (Å²) in [6, 6.07) is 5.07. The first-order valence-corrected chi connectivity index (χ1v) is 4.91. The highest BCUT2D eigenvalue weighted by Gasteiger charge is 2.04. The Bertz CT molecular complexity index is 440. The Morgan fingerprint density at radius 2 is 2.24 bits per heavy atom. The zero-order valence-electron chi connectivity index (χ0n) is 9.46. The average Bonchev–Trinajstić information content (AvgIpc) is 2.34. The van der Waals surface area contributed by atoms with Gasteiger partial charge in [0.1, 0.15) is 6.61 Å². The molecule has 90 valence electrons. The van der Waals surface area contributed by atoms with Crippen molar-refractivity contribution in [2.75, 3.05) is 13.7 Å². The van der Waals surface area contributed by atoms with Crippen LogP contribution in [0.5, 0.6) is 11.5 Å². The van der Waals surface area contributed by atoms with Crippen LogP contribution in [-0.2, 0) is 0 Å². The summed E-state index contributed by atoms with van der Waals surface area (Å²) < 4.78 is 10.5. The van der Waals surface area contributed by atoms with Gasteiger partial charge in [0, 0.05) is 6.08 Å². The van der Waals surface area contributed by atoms with E-state index < -0.39 is 4.92 Å². The van der Waals surface area contributed by atoms with Crippen molar-refractivity contribution < 1.29 is 14.4 Å². The molecule has 1 rings (SSSR count). The second-order valence-corrected chi connectivity index (χ2v) is 3.11. The van der Waals surface area contributed by atoms with Crippen molar-refractivity contribution in [3.8, 4) is 11.5 Å². The lowest BCUT2D eigenvalue weighted by atomic mass is 10.2. The summed E-state index contributed by atoms with van der Waals surface area (Å²) in [5.41, 5.74) is 0.671. The molecule has 1 aromatic rings. The largest absolute Gasteiger partial charge is 0.493 e. The van der Waals surface area contributed by atoms with Gasteiger partial charge in [-0.25, -0.2) is 0 Å². The quantitative estimate of drug-likeness (QED) is 0.432. The number of rotatable bonds is 6. The Kier molecular flexibility index (Phi) is 4.75. The molecule has 5 heteroatoms. The Morgan fingerprint density at radius 1 is 1.47 bits per heavy atom. The molecule has 17 heavy (non-hydrogen) atoms. The van der Waals surface area contributed by atoms with Crippen molar-refractivity contribution in [2.45, 2.75) is 0 Å². The van der Waals surface area contributed by atoms with Gasteiger partial charge >= 0.3 is 0 Å². The highest BCUT2D eigenvalue weighted by molar-refractivity contribution is 5.55. The molecule has 0 fully saturated rings. The third-order valence-corrected chi connectivity index (χ3v) is 1.93. The SMILES string of the molecule is C=CCOc1ccc(/C=C/[N+](=O)[O-])cc1OC. The van der Waals surface area contributed by atoms with Crippen LogP contribution < -0.4 is 9.47 Å². The van der Waals surface area contributed by atoms with Crippen LogP contribution in [0.3, 0.4) is 0 Å². The maximum absolute atomic E-state index is 10.2. The summed E-state index contributed by atoms with van der Waals surface area (Å²) in [6.45, 7) is 3.92. The fourth-order valence-electron chi connectivity index (χ4n) is 1.20. The second kappa shape index (κ2) is 6.32. The normalized spacial score (nSPS) is 10.2. The fourth-order valence-corrected chi connectivity index (χ4v) is 1.20. The van der Waals surface area contributed by atoms with Crippen LogP contribution in [0, 0.1) is 10.1 Å². The van der Waals surface area contributed by atoms with Gasteiger partial charge < -0.3 is 9.47 Å². The molecule has 0 aliphatic rings. The lowest BCUT2D eigenvalue weighted by Gasteiger charge is -2.09. The topological polar surface area (TPSA) is 61.6 Å². The average molecular weight is 235 g/mol. The van der Waals surface area contributed by atoms with Gasteiger partial charge in [-0.2, -0.15) is 0 Å². The number of hydrogen-bond acceptors (Lipinski definition) is 4. The predicted molar refractivity (Wildman–Crippen MR) is 64.7 cm³/mol. The van der Waals surface area contributed by atoms with E-state index in [2.05, 4.69) is 6.58 Å². The molecule has 0 unspecified atom stereocenters. The predicted octanol–water partition coefficient (Wildman–Crippen LogP) is 2.51. The van der Waals surface area contributed by atoms with E-state index >= 15 is 0 Å². The van der Waals surface area contributed by atoms with E-state index in [4.69, 9.17) is 9.47 Å². The summed E-state index contributed by atoms with van der Waals surface area (Å²) in [7, 11) is 1.51. The highest BCUT2D eigenvalue weighted by atomic mass is 16.6. The molecule has 0 atom stereocenters. The molecule has 0 bridgehead atoms. The zero-order valence-corrected chi connectivity index (χ0v) is 9.46. The number of benzene rings is 1. The fraction of sp³-hybridized carbons (Fsp3) is 0.167. The molecule has 1 aromatic carbocycles. The lowest BCUT2D eigenvalue weighted by Crippen LogP contribution is -1.96. The van der Waals surface area contributed by atoms with Crippen molar-refractivity contribution in [1.82, 2.24) is 0 Å². The molecule has 0 aromatic heterocycles. The second-order valence-electron chi connectivity index (χ2n) is 3.11. The van der Waals surface area contributed by atoms with E-state index in [1.165, 1.54) is 13.2 Å². The van der Waals surface area contributed by atoms with Crippen molar-refractivity contribution in [2.24, 2.45) is 0 Å². The van der Waals surface area contributed by atoms with Crippen LogP contribution in [0.25, 0.3) is 6.08 Å². The van der Waals surface area contributed by atoms with E-state index in [1.54, 1.807) is 24.3 Å². The summed E-state index contributed by atoms with van der Waals surface area (Å²) >= 11 is 0. The molecule has 0 aliphatic heterocycles.